The first-order valence-electron chi connectivity index (χ1n) is 6.95. The molecule has 0 radical (unpaired) electrons. The number of carbonyl (C=O) groups is 2. The number of alkyl halides is 3. The second-order valence-corrected chi connectivity index (χ2v) is 5.32. The van der Waals surface area contributed by atoms with Gasteiger partial charge in [-0.2, -0.15) is 13.2 Å². The molecule has 0 bridgehead atoms. The van der Waals surface area contributed by atoms with Crippen molar-refractivity contribution in [2.75, 3.05) is 32.7 Å². The van der Waals surface area contributed by atoms with E-state index in [1.165, 1.54) is 16.7 Å². The monoisotopic (exact) mass is 314 g/mol. The highest BCUT2D eigenvalue weighted by Gasteiger charge is 2.32. The van der Waals surface area contributed by atoms with E-state index in [1.807, 2.05) is 0 Å². The average molecular weight is 314 g/mol. The van der Waals surface area contributed by atoms with E-state index in [4.69, 9.17) is 0 Å². The topological polar surface area (TPSA) is 40.6 Å². The Bertz CT molecular complexity index is 547. The van der Waals surface area contributed by atoms with Crippen molar-refractivity contribution in [2.24, 2.45) is 0 Å². The van der Waals surface area contributed by atoms with Gasteiger partial charge >= 0.3 is 6.18 Å². The molecule has 1 aliphatic rings. The maximum Gasteiger partial charge on any atom is 0.401 e. The molecule has 1 heterocycles. The van der Waals surface area contributed by atoms with Crippen LogP contribution in [-0.4, -0.2) is 60.4 Å². The maximum absolute atomic E-state index is 12.3. The standard InChI is InChI=1S/C15H17F3N2O2/c1-11(21)12-2-4-13(5-3-12)14(22)20-8-6-19(7-9-20)10-15(16,17)18/h2-5H,6-10H2,1H3. The Labute approximate surface area is 126 Å². The molecular formula is C15H17F3N2O2. The second kappa shape index (κ2) is 6.48. The summed E-state index contributed by atoms with van der Waals surface area (Å²) in [6, 6.07) is 6.30. The number of hydrogen-bond donors (Lipinski definition) is 0. The minimum absolute atomic E-state index is 0.0836. The van der Waals surface area contributed by atoms with Gasteiger partial charge in [0.15, 0.2) is 5.78 Å². The molecule has 0 saturated carbocycles. The predicted molar refractivity (Wildman–Crippen MR) is 74.8 cm³/mol. The van der Waals surface area contributed by atoms with Gasteiger partial charge in [0.1, 0.15) is 0 Å². The lowest BCUT2D eigenvalue weighted by Gasteiger charge is -2.35. The van der Waals surface area contributed by atoms with Gasteiger partial charge in [-0.15, -0.1) is 0 Å². The Balaban J connectivity index is 1.93. The summed E-state index contributed by atoms with van der Waals surface area (Å²) in [6.07, 6.45) is -4.21. The van der Waals surface area contributed by atoms with Crippen molar-refractivity contribution in [2.45, 2.75) is 13.1 Å². The Morgan fingerprint density at radius 3 is 1.95 bits per heavy atom. The van der Waals surface area contributed by atoms with E-state index < -0.39 is 12.7 Å². The second-order valence-electron chi connectivity index (χ2n) is 5.32. The molecule has 4 nitrogen and oxygen atoms in total. The van der Waals surface area contributed by atoms with Crippen LogP contribution in [0.3, 0.4) is 0 Å². The third kappa shape index (κ3) is 4.30. The number of halogens is 3. The first kappa shape index (κ1) is 16.5. The molecule has 1 aliphatic heterocycles. The van der Waals surface area contributed by atoms with Crippen LogP contribution in [-0.2, 0) is 0 Å². The van der Waals surface area contributed by atoms with E-state index in [-0.39, 0.29) is 37.9 Å². The number of benzene rings is 1. The van der Waals surface area contributed by atoms with Gasteiger partial charge in [-0.1, -0.05) is 12.1 Å². The van der Waals surface area contributed by atoms with E-state index in [1.54, 1.807) is 24.3 Å². The quantitative estimate of drug-likeness (QED) is 0.803. The number of piperazine rings is 1. The van der Waals surface area contributed by atoms with Crippen LogP contribution in [0.2, 0.25) is 0 Å². The van der Waals surface area contributed by atoms with Gasteiger partial charge < -0.3 is 4.90 Å². The van der Waals surface area contributed by atoms with Crippen LogP contribution in [0.25, 0.3) is 0 Å². The SMILES string of the molecule is CC(=O)c1ccc(C(=O)N2CCN(CC(F)(F)F)CC2)cc1. The van der Waals surface area contributed by atoms with E-state index >= 15 is 0 Å². The minimum Gasteiger partial charge on any atom is -0.336 e. The molecule has 2 rings (SSSR count). The normalized spacial score (nSPS) is 16.6. The molecule has 0 N–H and O–H groups in total. The van der Waals surface area contributed by atoms with Crippen LogP contribution in [0.15, 0.2) is 24.3 Å². The van der Waals surface area contributed by atoms with Gasteiger partial charge in [0.2, 0.25) is 0 Å². The van der Waals surface area contributed by atoms with Crippen LogP contribution in [0, 0.1) is 0 Å². The van der Waals surface area contributed by atoms with Gasteiger partial charge in [0.25, 0.3) is 5.91 Å². The highest BCUT2D eigenvalue weighted by Crippen LogP contribution is 2.18. The fraction of sp³-hybridized carbons (Fsp3) is 0.467. The van der Waals surface area contributed by atoms with Gasteiger partial charge in [0, 0.05) is 37.3 Å². The van der Waals surface area contributed by atoms with Crippen LogP contribution in [0.1, 0.15) is 27.6 Å². The zero-order chi connectivity index (χ0) is 16.3. The van der Waals surface area contributed by atoms with Crippen molar-refractivity contribution in [3.63, 3.8) is 0 Å². The van der Waals surface area contributed by atoms with E-state index in [0.29, 0.717) is 11.1 Å². The molecule has 1 amide bonds. The summed E-state index contributed by atoms with van der Waals surface area (Å²) in [5.74, 6) is -0.304. The summed E-state index contributed by atoms with van der Waals surface area (Å²) in [5.41, 5.74) is 0.959. The molecule has 0 aromatic heterocycles. The maximum atomic E-state index is 12.3. The third-order valence-electron chi connectivity index (χ3n) is 3.60. The highest BCUT2D eigenvalue weighted by molar-refractivity contribution is 5.97. The van der Waals surface area contributed by atoms with Crippen LogP contribution >= 0.6 is 0 Å². The van der Waals surface area contributed by atoms with E-state index in [0.717, 1.165) is 0 Å². The van der Waals surface area contributed by atoms with Crippen molar-refractivity contribution < 1.29 is 22.8 Å². The number of Topliss-reactive ketones (excluding diaryl/α,β-unsaturated/α-hetero) is 1. The number of hydrogen-bond acceptors (Lipinski definition) is 3. The van der Waals surface area contributed by atoms with Crippen molar-refractivity contribution in [3.8, 4) is 0 Å². The Morgan fingerprint density at radius 2 is 1.50 bits per heavy atom. The lowest BCUT2D eigenvalue weighted by molar-refractivity contribution is -0.148. The molecule has 0 atom stereocenters. The molecule has 1 aromatic rings. The number of carbonyl (C=O) groups excluding carboxylic acids is 2. The summed E-state index contributed by atoms with van der Waals surface area (Å²) in [7, 11) is 0. The lowest BCUT2D eigenvalue weighted by atomic mass is 10.1. The van der Waals surface area contributed by atoms with Gasteiger partial charge in [-0.05, 0) is 19.1 Å². The number of amides is 1. The van der Waals surface area contributed by atoms with Gasteiger partial charge in [0.05, 0.1) is 6.54 Å². The van der Waals surface area contributed by atoms with Crippen LogP contribution in [0.4, 0.5) is 13.2 Å². The van der Waals surface area contributed by atoms with E-state index in [9.17, 15) is 22.8 Å². The predicted octanol–water partition coefficient (Wildman–Crippen LogP) is 2.21. The zero-order valence-corrected chi connectivity index (χ0v) is 12.2. The molecule has 1 aromatic carbocycles. The van der Waals surface area contributed by atoms with Gasteiger partial charge in [-0.3, -0.25) is 14.5 Å². The van der Waals surface area contributed by atoms with Crippen LogP contribution < -0.4 is 0 Å². The lowest BCUT2D eigenvalue weighted by Crippen LogP contribution is -2.50. The zero-order valence-electron chi connectivity index (χ0n) is 12.2. The summed E-state index contributed by atoms with van der Waals surface area (Å²) in [4.78, 5) is 26.3. The molecule has 0 aliphatic carbocycles. The molecular weight excluding hydrogens is 297 g/mol. The molecule has 7 heteroatoms. The molecule has 0 unspecified atom stereocenters. The first-order valence-corrected chi connectivity index (χ1v) is 6.95. The van der Waals surface area contributed by atoms with Crippen molar-refractivity contribution in [1.29, 1.82) is 0 Å². The summed E-state index contributed by atoms with van der Waals surface area (Å²) < 4.78 is 36.9. The number of ketones is 1. The van der Waals surface area contributed by atoms with Crippen LogP contribution in [0.5, 0.6) is 0 Å². The van der Waals surface area contributed by atoms with Crippen molar-refractivity contribution in [3.05, 3.63) is 35.4 Å². The first-order chi connectivity index (χ1) is 10.3. The van der Waals surface area contributed by atoms with Crippen molar-refractivity contribution >= 4 is 11.7 Å². The third-order valence-corrected chi connectivity index (χ3v) is 3.60. The molecule has 0 spiro atoms. The Kier molecular flexibility index (Phi) is 4.85. The summed E-state index contributed by atoms with van der Waals surface area (Å²) >= 11 is 0. The molecule has 1 saturated heterocycles. The van der Waals surface area contributed by atoms with Gasteiger partial charge in [-0.25, -0.2) is 0 Å². The summed E-state index contributed by atoms with van der Waals surface area (Å²) in [5, 5.41) is 0. The fourth-order valence-corrected chi connectivity index (χ4v) is 2.39. The Morgan fingerprint density at radius 1 is 1.00 bits per heavy atom. The minimum atomic E-state index is -4.21. The van der Waals surface area contributed by atoms with E-state index in [2.05, 4.69) is 0 Å². The smallest absolute Gasteiger partial charge is 0.336 e. The molecule has 120 valence electrons. The molecule has 22 heavy (non-hydrogen) atoms. The summed E-state index contributed by atoms with van der Waals surface area (Å²) in [6.45, 7) is 1.44. The average Bonchev–Trinajstić information content (AvgIpc) is 2.46. The Hall–Kier alpha value is -1.89. The largest absolute Gasteiger partial charge is 0.401 e. The fourth-order valence-electron chi connectivity index (χ4n) is 2.39. The van der Waals surface area contributed by atoms with Crippen molar-refractivity contribution in [1.82, 2.24) is 9.80 Å². The number of rotatable bonds is 3. The number of nitrogens with zero attached hydrogens (tertiary/aromatic N) is 2. The molecule has 1 fully saturated rings. The highest BCUT2D eigenvalue weighted by atomic mass is 19.4.